The molecule has 5 nitrogen and oxygen atoms in total. The van der Waals surface area contributed by atoms with Crippen molar-refractivity contribution >= 4 is 22.7 Å². The summed E-state index contributed by atoms with van der Waals surface area (Å²) < 4.78 is 5.29. The molecular weight excluding hydrogens is 328 g/mol. The van der Waals surface area contributed by atoms with Crippen LogP contribution in [0.4, 0.5) is 0 Å². The Morgan fingerprint density at radius 1 is 1.04 bits per heavy atom. The van der Waals surface area contributed by atoms with E-state index in [9.17, 15) is 9.59 Å². The van der Waals surface area contributed by atoms with Gasteiger partial charge in [0.2, 0.25) is 0 Å². The van der Waals surface area contributed by atoms with Crippen molar-refractivity contribution in [2.75, 3.05) is 6.61 Å². The fourth-order valence-corrected chi connectivity index (χ4v) is 2.44. The van der Waals surface area contributed by atoms with Crippen LogP contribution in [0.15, 0.2) is 54.9 Å². The third kappa shape index (κ3) is 3.77. The molecule has 1 aromatic carbocycles. The number of esters is 1. The largest absolute Gasteiger partial charge is 0.454 e. The summed E-state index contributed by atoms with van der Waals surface area (Å²) in [4.78, 5) is 33.3. The van der Waals surface area contributed by atoms with Crippen LogP contribution in [-0.2, 0) is 9.53 Å². The number of Topliss-reactive ketones (excluding diaryl/α,β-unsaturated/α-hetero) is 1. The molecule has 0 radical (unpaired) electrons. The van der Waals surface area contributed by atoms with E-state index in [4.69, 9.17) is 4.74 Å². The van der Waals surface area contributed by atoms with Gasteiger partial charge in [0, 0.05) is 28.8 Å². The highest BCUT2D eigenvalue weighted by atomic mass is 16.5. The predicted molar refractivity (Wildman–Crippen MR) is 99.7 cm³/mol. The minimum absolute atomic E-state index is 0.126. The summed E-state index contributed by atoms with van der Waals surface area (Å²) in [6.07, 6.45) is 3.35. The first-order valence-corrected chi connectivity index (χ1v) is 8.37. The van der Waals surface area contributed by atoms with Gasteiger partial charge in [0.05, 0.1) is 16.8 Å². The maximum absolute atomic E-state index is 12.7. The average molecular weight is 348 g/mol. The quantitative estimate of drug-likeness (QED) is 0.665. The molecule has 132 valence electrons. The smallest absolute Gasteiger partial charge is 0.339 e. The number of pyridine rings is 2. The zero-order chi connectivity index (χ0) is 18.7. The zero-order valence-electron chi connectivity index (χ0n) is 15.0. The fraction of sp³-hybridized carbons (Fsp3) is 0.238. The molecule has 0 fully saturated rings. The second-order valence-electron chi connectivity index (χ2n) is 7.06. The highest BCUT2D eigenvalue weighted by Crippen LogP contribution is 2.25. The van der Waals surface area contributed by atoms with E-state index in [1.54, 1.807) is 39.2 Å². The third-order valence-electron chi connectivity index (χ3n) is 4.08. The van der Waals surface area contributed by atoms with Gasteiger partial charge in [-0.25, -0.2) is 9.78 Å². The van der Waals surface area contributed by atoms with Crippen LogP contribution in [0, 0.1) is 5.41 Å². The number of rotatable bonds is 4. The van der Waals surface area contributed by atoms with Crippen LogP contribution in [0.25, 0.3) is 22.2 Å². The number of aromatic nitrogens is 2. The third-order valence-corrected chi connectivity index (χ3v) is 4.08. The molecule has 26 heavy (non-hydrogen) atoms. The van der Waals surface area contributed by atoms with Crippen molar-refractivity contribution in [3.8, 4) is 11.3 Å². The van der Waals surface area contributed by atoms with Crippen molar-refractivity contribution in [1.82, 2.24) is 9.97 Å². The van der Waals surface area contributed by atoms with Crippen molar-refractivity contribution in [2.24, 2.45) is 5.41 Å². The Bertz CT molecular complexity index is 960. The summed E-state index contributed by atoms with van der Waals surface area (Å²) in [5, 5.41) is 0.693. The normalized spacial score (nSPS) is 11.3. The van der Waals surface area contributed by atoms with Gasteiger partial charge in [-0.05, 0) is 24.3 Å². The highest BCUT2D eigenvalue weighted by molar-refractivity contribution is 6.05. The fourth-order valence-electron chi connectivity index (χ4n) is 2.44. The van der Waals surface area contributed by atoms with Gasteiger partial charge in [-0.3, -0.25) is 9.78 Å². The number of ketones is 1. The van der Waals surface area contributed by atoms with Crippen LogP contribution in [0.5, 0.6) is 0 Å². The molecule has 2 heterocycles. The van der Waals surface area contributed by atoms with E-state index in [1.807, 2.05) is 36.4 Å². The van der Waals surface area contributed by atoms with E-state index in [2.05, 4.69) is 9.97 Å². The van der Waals surface area contributed by atoms with Crippen LogP contribution in [0.1, 0.15) is 31.1 Å². The second-order valence-corrected chi connectivity index (χ2v) is 7.06. The molecule has 0 N–H and O–H groups in total. The Labute approximate surface area is 152 Å². The summed E-state index contributed by atoms with van der Waals surface area (Å²) in [6, 6.07) is 12.7. The summed E-state index contributed by atoms with van der Waals surface area (Å²) in [6.45, 7) is 5.15. The Kier molecular flexibility index (Phi) is 4.80. The van der Waals surface area contributed by atoms with E-state index in [1.165, 1.54) is 0 Å². The first-order chi connectivity index (χ1) is 12.4. The van der Waals surface area contributed by atoms with Gasteiger partial charge in [0.1, 0.15) is 0 Å². The Balaban J connectivity index is 1.99. The van der Waals surface area contributed by atoms with E-state index >= 15 is 0 Å². The molecule has 3 rings (SSSR count). The van der Waals surface area contributed by atoms with Crippen LogP contribution >= 0.6 is 0 Å². The average Bonchev–Trinajstić information content (AvgIpc) is 2.64. The topological polar surface area (TPSA) is 69.2 Å². The minimum Gasteiger partial charge on any atom is -0.454 e. The Morgan fingerprint density at radius 3 is 2.42 bits per heavy atom. The van der Waals surface area contributed by atoms with Gasteiger partial charge in [-0.1, -0.05) is 39.0 Å². The Morgan fingerprint density at radius 2 is 1.73 bits per heavy atom. The zero-order valence-corrected chi connectivity index (χ0v) is 15.0. The summed E-state index contributed by atoms with van der Waals surface area (Å²) >= 11 is 0. The molecule has 2 aromatic heterocycles. The van der Waals surface area contributed by atoms with Crippen LogP contribution in [-0.4, -0.2) is 28.3 Å². The van der Waals surface area contributed by atoms with Gasteiger partial charge >= 0.3 is 5.97 Å². The number of fused-ring (bicyclic) bond motifs is 1. The molecule has 0 unspecified atom stereocenters. The molecule has 0 bridgehead atoms. The summed E-state index contributed by atoms with van der Waals surface area (Å²) in [7, 11) is 0. The van der Waals surface area contributed by atoms with E-state index in [0.29, 0.717) is 22.2 Å². The van der Waals surface area contributed by atoms with Crippen LogP contribution < -0.4 is 0 Å². The number of carbonyl (C=O) groups excluding carboxylic acids is 2. The lowest BCUT2D eigenvalue weighted by molar-refractivity contribution is -0.129. The number of benzene rings is 1. The summed E-state index contributed by atoms with van der Waals surface area (Å²) in [5.41, 5.74) is 2.04. The van der Waals surface area contributed by atoms with Crippen molar-refractivity contribution in [3.05, 3.63) is 60.4 Å². The molecule has 0 saturated heterocycles. The van der Waals surface area contributed by atoms with Gasteiger partial charge < -0.3 is 4.74 Å². The number of para-hydroxylation sites is 1. The Hall–Kier alpha value is -3.08. The van der Waals surface area contributed by atoms with E-state index in [-0.39, 0.29) is 12.4 Å². The number of ether oxygens (including phenoxy) is 1. The molecule has 5 heteroatoms. The SMILES string of the molecule is CC(C)(C)C(=O)COC(=O)c1cc(-c2ccncc2)nc2ccccc12. The van der Waals surface area contributed by atoms with Crippen molar-refractivity contribution in [2.45, 2.75) is 20.8 Å². The number of nitrogens with zero attached hydrogens (tertiary/aromatic N) is 2. The second kappa shape index (κ2) is 7.04. The van der Waals surface area contributed by atoms with E-state index < -0.39 is 11.4 Å². The van der Waals surface area contributed by atoms with Crippen molar-refractivity contribution in [1.29, 1.82) is 0 Å². The van der Waals surface area contributed by atoms with E-state index in [0.717, 1.165) is 5.56 Å². The van der Waals surface area contributed by atoms with Crippen LogP contribution in [0.2, 0.25) is 0 Å². The molecule has 0 aliphatic carbocycles. The lowest BCUT2D eigenvalue weighted by atomic mass is 9.91. The summed E-state index contributed by atoms with van der Waals surface area (Å²) in [5.74, 6) is -0.657. The standard InChI is InChI=1S/C21H20N2O3/c1-21(2,3)19(24)13-26-20(25)16-12-18(14-8-10-22-11-9-14)23-17-7-5-4-6-15(16)17/h4-12H,13H2,1-3H3. The van der Waals surface area contributed by atoms with Gasteiger partial charge in [-0.2, -0.15) is 0 Å². The van der Waals surface area contributed by atoms with Gasteiger partial charge in [0.25, 0.3) is 0 Å². The maximum Gasteiger partial charge on any atom is 0.339 e. The minimum atomic E-state index is -0.553. The highest BCUT2D eigenvalue weighted by Gasteiger charge is 2.23. The first kappa shape index (κ1) is 17.7. The molecule has 0 aliphatic heterocycles. The number of hydrogen-bond acceptors (Lipinski definition) is 5. The molecule has 0 saturated carbocycles. The molecule has 3 aromatic rings. The predicted octanol–water partition coefficient (Wildman–Crippen LogP) is 4.07. The van der Waals surface area contributed by atoms with Crippen LogP contribution in [0.3, 0.4) is 0 Å². The maximum atomic E-state index is 12.7. The molecule has 0 spiro atoms. The van der Waals surface area contributed by atoms with Gasteiger partial charge in [0.15, 0.2) is 12.4 Å². The molecule has 0 aliphatic rings. The number of carbonyl (C=O) groups is 2. The lowest BCUT2D eigenvalue weighted by Crippen LogP contribution is -2.26. The molecular formula is C21H20N2O3. The lowest BCUT2D eigenvalue weighted by Gasteiger charge is -2.16. The molecule has 0 amide bonds. The first-order valence-electron chi connectivity index (χ1n) is 8.37. The van der Waals surface area contributed by atoms with Crippen molar-refractivity contribution in [3.63, 3.8) is 0 Å². The molecule has 0 atom stereocenters. The monoisotopic (exact) mass is 348 g/mol. The number of hydrogen-bond donors (Lipinski definition) is 0. The van der Waals surface area contributed by atoms with Gasteiger partial charge in [-0.15, -0.1) is 0 Å². The van der Waals surface area contributed by atoms with Crippen molar-refractivity contribution < 1.29 is 14.3 Å².